The molecule has 1 aromatic rings. The van der Waals surface area contributed by atoms with Gasteiger partial charge in [-0.25, -0.2) is 4.39 Å². The topological polar surface area (TPSA) is 55.1 Å². The van der Waals surface area contributed by atoms with Gasteiger partial charge in [0.05, 0.1) is 0 Å². The van der Waals surface area contributed by atoms with E-state index in [1.165, 1.54) is 12.1 Å². The molecule has 0 aliphatic carbocycles. The fraction of sp³-hybridized carbons (Fsp3) is 0.300. The number of hydrogen-bond donors (Lipinski definition) is 2. The molecule has 0 saturated carbocycles. The van der Waals surface area contributed by atoms with Crippen molar-refractivity contribution in [3.8, 4) is 0 Å². The number of amides is 1. The average molecular weight is 275 g/mol. The van der Waals surface area contributed by atoms with Crippen LogP contribution in [0.15, 0.2) is 22.7 Å². The van der Waals surface area contributed by atoms with E-state index in [2.05, 4.69) is 21.2 Å². The summed E-state index contributed by atoms with van der Waals surface area (Å²) >= 11 is 3.28. The molecule has 15 heavy (non-hydrogen) atoms. The minimum atomic E-state index is -0.318. The van der Waals surface area contributed by atoms with Crippen molar-refractivity contribution >= 4 is 21.8 Å². The molecule has 82 valence electrons. The highest BCUT2D eigenvalue weighted by Crippen LogP contribution is 2.17. The van der Waals surface area contributed by atoms with Crippen LogP contribution >= 0.6 is 15.9 Å². The zero-order valence-electron chi connectivity index (χ0n) is 8.09. The summed E-state index contributed by atoms with van der Waals surface area (Å²) in [5, 5.41) is 2.65. The third-order valence-electron chi connectivity index (χ3n) is 1.86. The molecule has 0 heterocycles. The van der Waals surface area contributed by atoms with Crippen molar-refractivity contribution < 1.29 is 9.18 Å². The first kappa shape index (κ1) is 12.1. The van der Waals surface area contributed by atoms with Gasteiger partial charge in [-0.3, -0.25) is 4.79 Å². The number of rotatable bonds is 4. The average Bonchev–Trinajstić information content (AvgIpc) is 2.20. The third kappa shape index (κ3) is 3.97. The summed E-state index contributed by atoms with van der Waals surface area (Å²) in [6.07, 6.45) is 0.285. The van der Waals surface area contributed by atoms with Gasteiger partial charge in [0, 0.05) is 24.0 Å². The lowest BCUT2D eigenvalue weighted by Crippen LogP contribution is -2.25. The fourth-order valence-electron chi connectivity index (χ4n) is 1.09. The zero-order chi connectivity index (χ0) is 11.3. The fourth-order valence-corrected chi connectivity index (χ4v) is 1.48. The van der Waals surface area contributed by atoms with Crippen molar-refractivity contribution in [1.29, 1.82) is 0 Å². The largest absolute Gasteiger partial charge is 0.352 e. The Bertz CT molecular complexity index is 357. The van der Waals surface area contributed by atoms with Gasteiger partial charge in [0.2, 0.25) is 5.91 Å². The van der Waals surface area contributed by atoms with Crippen LogP contribution in [0.25, 0.3) is 0 Å². The molecule has 3 N–H and O–H groups in total. The number of hydrogen-bond acceptors (Lipinski definition) is 2. The van der Waals surface area contributed by atoms with Crippen LogP contribution in [0.4, 0.5) is 4.39 Å². The molecular formula is C10H12BrFN2O. The maximum absolute atomic E-state index is 12.9. The van der Waals surface area contributed by atoms with Crippen LogP contribution in [0.1, 0.15) is 12.0 Å². The molecule has 0 fully saturated rings. The molecule has 1 aromatic carbocycles. The smallest absolute Gasteiger partial charge is 0.221 e. The Hall–Kier alpha value is -0.940. The normalized spacial score (nSPS) is 10.1. The SMILES string of the molecule is NCCC(=O)NCc1cc(F)ccc1Br. The number of nitrogens with two attached hydrogens (primary N) is 1. The molecule has 3 nitrogen and oxygen atoms in total. The Kier molecular flexibility index (Phi) is 4.71. The second kappa shape index (κ2) is 5.82. The van der Waals surface area contributed by atoms with E-state index in [0.29, 0.717) is 18.7 Å². The van der Waals surface area contributed by atoms with Gasteiger partial charge in [-0.05, 0) is 23.8 Å². The van der Waals surface area contributed by atoms with E-state index >= 15 is 0 Å². The first-order valence-electron chi connectivity index (χ1n) is 4.54. The van der Waals surface area contributed by atoms with Crippen LogP contribution in [0.2, 0.25) is 0 Å². The lowest BCUT2D eigenvalue weighted by molar-refractivity contribution is -0.121. The van der Waals surface area contributed by atoms with Crippen LogP contribution in [0.5, 0.6) is 0 Å². The molecule has 0 aliphatic heterocycles. The summed E-state index contributed by atoms with van der Waals surface area (Å²) in [5.74, 6) is -0.449. The Morgan fingerprint density at radius 2 is 2.27 bits per heavy atom. The van der Waals surface area contributed by atoms with Crippen molar-refractivity contribution in [1.82, 2.24) is 5.32 Å². The number of carbonyl (C=O) groups excluding carboxylic acids is 1. The van der Waals surface area contributed by atoms with Crippen LogP contribution < -0.4 is 11.1 Å². The summed E-state index contributed by atoms with van der Waals surface area (Å²) in [7, 11) is 0. The molecule has 0 aromatic heterocycles. The minimum absolute atomic E-state index is 0.131. The van der Waals surface area contributed by atoms with Crippen molar-refractivity contribution in [2.24, 2.45) is 5.73 Å². The Balaban J connectivity index is 2.57. The standard InChI is InChI=1S/C10H12BrFN2O/c11-9-2-1-8(12)5-7(9)6-14-10(15)3-4-13/h1-2,5H,3-4,6,13H2,(H,14,15). The van der Waals surface area contributed by atoms with E-state index in [4.69, 9.17) is 5.73 Å². The predicted molar refractivity (Wildman–Crippen MR) is 59.6 cm³/mol. The highest BCUT2D eigenvalue weighted by Gasteiger charge is 2.04. The second-order valence-corrected chi connectivity index (χ2v) is 3.91. The van der Waals surface area contributed by atoms with Crippen molar-refractivity contribution in [3.05, 3.63) is 34.1 Å². The molecule has 1 rings (SSSR count). The van der Waals surface area contributed by atoms with Gasteiger partial charge in [-0.1, -0.05) is 15.9 Å². The Labute approximate surface area is 96.0 Å². The van der Waals surface area contributed by atoms with E-state index in [0.717, 1.165) is 4.47 Å². The van der Waals surface area contributed by atoms with Gasteiger partial charge in [0.1, 0.15) is 5.82 Å². The number of benzene rings is 1. The molecule has 0 bridgehead atoms. The minimum Gasteiger partial charge on any atom is -0.352 e. The molecule has 0 saturated heterocycles. The van der Waals surface area contributed by atoms with Crippen molar-refractivity contribution in [3.63, 3.8) is 0 Å². The summed E-state index contributed by atoms with van der Waals surface area (Å²) < 4.78 is 13.6. The number of nitrogens with one attached hydrogen (secondary N) is 1. The number of halogens is 2. The summed E-state index contributed by atoms with van der Waals surface area (Å²) in [6, 6.07) is 4.35. The van der Waals surface area contributed by atoms with E-state index in [1.54, 1.807) is 6.07 Å². The van der Waals surface area contributed by atoms with E-state index in [1.807, 2.05) is 0 Å². The quantitative estimate of drug-likeness (QED) is 0.876. The molecule has 0 unspecified atom stereocenters. The van der Waals surface area contributed by atoms with Crippen LogP contribution in [-0.4, -0.2) is 12.5 Å². The van der Waals surface area contributed by atoms with Gasteiger partial charge in [0.25, 0.3) is 0 Å². The monoisotopic (exact) mass is 274 g/mol. The van der Waals surface area contributed by atoms with Gasteiger partial charge in [-0.15, -0.1) is 0 Å². The van der Waals surface area contributed by atoms with E-state index in [9.17, 15) is 9.18 Å². The van der Waals surface area contributed by atoms with Crippen molar-refractivity contribution in [2.45, 2.75) is 13.0 Å². The summed E-state index contributed by atoms with van der Waals surface area (Å²) in [6.45, 7) is 0.618. The molecule has 0 atom stereocenters. The van der Waals surface area contributed by atoms with Gasteiger partial charge < -0.3 is 11.1 Å². The Morgan fingerprint density at radius 3 is 2.93 bits per heavy atom. The molecule has 0 spiro atoms. The molecule has 5 heteroatoms. The molecule has 1 amide bonds. The highest BCUT2D eigenvalue weighted by molar-refractivity contribution is 9.10. The highest BCUT2D eigenvalue weighted by atomic mass is 79.9. The second-order valence-electron chi connectivity index (χ2n) is 3.05. The van der Waals surface area contributed by atoms with Crippen LogP contribution in [0, 0.1) is 5.82 Å². The maximum atomic E-state index is 12.9. The lowest BCUT2D eigenvalue weighted by Gasteiger charge is -2.06. The van der Waals surface area contributed by atoms with E-state index < -0.39 is 0 Å². The molecular weight excluding hydrogens is 263 g/mol. The van der Waals surface area contributed by atoms with Gasteiger partial charge >= 0.3 is 0 Å². The zero-order valence-corrected chi connectivity index (χ0v) is 9.68. The first-order valence-corrected chi connectivity index (χ1v) is 5.33. The lowest BCUT2D eigenvalue weighted by atomic mass is 10.2. The van der Waals surface area contributed by atoms with E-state index in [-0.39, 0.29) is 18.1 Å². The summed E-state index contributed by atoms with van der Waals surface area (Å²) in [4.78, 5) is 11.1. The summed E-state index contributed by atoms with van der Waals surface area (Å²) in [5.41, 5.74) is 5.93. The molecule has 0 aliphatic rings. The van der Waals surface area contributed by atoms with Crippen LogP contribution in [-0.2, 0) is 11.3 Å². The van der Waals surface area contributed by atoms with Gasteiger partial charge in [0.15, 0.2) is 0 Å². The Morgan fingerprint density at radius 1 is 1.53 bits per heavy atom. The third-order valence-corrected chi connectivity index (χ3v) is 2.63. The molecule has 0 radical (unpaired) electrons. The van der Waals surface area contributed by atoms with Crippen molar-refractivity contribution in [2.75, 3.05) is 6.54 Å². The van der Waals surface area contributed by atoms with Crippen LogP contribution in [0.3, 0.4) is 0 Å². The van der Waals surface area contributed by atoms with Gasteiger partial charge in [-0.2, -0.15) is 0 Å². The first-order chi connectivity index (χ1) is 7.13. The number of carbonyl (C=O) groups is 1. The predicted octanol–water partition coefficient (Wildman–Crippen LogP) is 1.55. The maximum Gasteiger partial charge on any atom is 0.221 e.